The van der Waals surface area contributed by atoms with Crippen LogP contribution in [0.2, 0.25) is 0 Å². The first-order valence-electron chi connectivity index (χ1n) is 22.6. The molecule has 6 atom stereocenters. The standard InChI is InChI=1S/C15H29F2N3.C14H27F2N3.C14H26F2N2/c1-12(2)19-8-10-20(11-9-19)13-6-5-7-15(16,17)14(13)18(3)4;1-11(2)18-7-9-19(10-8-18)12-5-4-6-14(15,16)13(12)17-3;1-11(2)17-7-9-18(10-8-17)13-5-4-6-14(15,16)12(13)3/h12-14H,5-11H2,1-4H3;11-13,17H,4-10H2,1-3H3;11-13H,4-10H2,1-3H3/t13-,14+;2*12-,13+/m001/s1. The van der Waals surface area contributed by atoms with Crippen molar-refractivity contribution in [3.05, 3.63) is 0 Å². The molecule has 6 fully saturated rings. The molecule has 0 amide bonds. The van der Waals surface area contributed by atoms with Gasteiger partial charge in [0.15, 0.2) is 0 Å². The largest absolute Gasteiger partial charge is 0.310 e. The van der Waals surface area contributed by atoms with E-state index in [0.717, 1.165) is 97.8 Å². The van der Waals surface area contributed by atoms with Gasteiger partial charge in [-0.05, 0) is 101 Å². The molecule has 57 heavy (non-hydrogen) atoms. The second-order valence-corrected chi connectivity index (χ2v) is 19.1. The van der Waals surface area contributed by atoms with E-state index in [1.807, 2.05) is 0 Å². The van der Waals surface area contributed by atoms with Crippen LogP contribution in [0.25, 0.3) is 0 Å². The van der Waals surface area contributed by atoms with Crippen LogP contribution in [0.3, 0.4) is 0 Å². The Morgan fingerprint density at radius 2 is 0.825 bits per heavy atom. The summed E-state index contributed by atoms with van der Waals surface area (Å²) in [7, 11) is 5.25. The lowest BCUT2D eigenvalue weighted by molar-refractivity contribution is -0.130. The Balaban J connectivity index is 0.000000190. The molecule has 0 aromatic carbocycles. The van der Waals surface area contributed by atoms with Crippen LogP contribution in [0, 0.1) is 5.92 Å². The summed E-state index contributed by atoms with van der Waals surface area (Å²) >= 11 is 0. The number of alkyl halides is 6. The van der Waals surface area contributed by atoms with Crippen molar-refractivity contribution in [1.82, 2.24) is 39.6 Å². The van der Waals surface area contributed by atoms with Crippen molar-refractivity contribution in [3.63, 3.8) is 0 Å². The maximum absolute atomic E-state index is 14.3. The van der Waals surface area contributed by atoms with Gasteiger partial charge in [-0.25, -0.2) is 26.3 Å². The highest BCUT2D eigenvalue weighted by Gasteiger charge is 2.51. The fraction of sp³-hybridized carbons (Fsp3) is 1.00. The fourth-order valence-electron chi connectivity index (χ4n) is 10.7. The molecular weight excluding hydrogens is 743 g/mol. The molecule has 6 aliphatic rings. The van der Waals surface area contributed by atoms with Crippen LogP contribution in [0.4, 0.5) is 26.3 Å². The molecule has 14 heteroatoms. The third-order valence-corrected chi connectivity index (χ3v) is 14.4. The summed E-state index contributed by atoms with van der Waals surface area (Å²) in [6, 6.07) is 0.421. The van der Waals surface area contributed by atoms with Crippen molar-refractivity contribution in [3.8, 4) is 0 Å². The first-order valence-corrected chi connectivity index (χ1v) is 22.6. The SMILES string of the molecule is CC(C)N1CCN([C@H]2CCCC(F)(F)[C@@H]2C)CC1.CC(C)N1CCN([C@H]2CCCC(F)(F)[C@@H]2N(C)C)CC1.CN[C@@H]1[C@@H](N2CCN(C(C)C)CC2)CCCC1(F)F. The number of nitrogens with one attached hydrogen (secondary N) is 1. The van der Waals surface area contributed by atoms with Gasteiger partial charge < -0.3 is 5.32 Å². The molecule has 336 valence electrons. The minimum Gasteiger partial charge on any atom is -0.310 e. The van der Waals surface area contributed by atoms with Crippen molar-refractivity contribution in [2.75, 3.05) is 99.7 Å². The molecule has 3 saturated heterocycles. The van der Waals surface area contributed by atoms with Crippen molar-refractivity contribution in [2.45, 2.75) is 172 Å². The van der Waals surface area contributed by atoms with Gasteiger partial charge in [0.05, 0.1) is 12.1 Å². The highest BCUT2D eigenvalue weighted by molar-refractivity contribution is 5.00. The zero-order valence-corrected chi connectivity index (χ0v) is 37.4. The van der Waals surface area contributed by atoms with Gasteiger partial charge in [-0.2, -0.15) is 0 Å². The minimum absolute atomic E-state index is 0.00284. The molecule has 0 unspecified atom stereocenters. The summed E-state index contributed by atoms with van der Waals surface area (Å²) in [6.45, 7) is 26.5. The lowest BCUT2D eigenvalue weighted by Crippen LogP contribution is -2.63. The molecule has 0 radical (unpaired) electrons. The number of hydrogen-bond acceptors (Lipinski definition) is 8. The predicted molar refractivity (Wildman–Crippen MR) is 222 cm³/mol. The summed E-state index contributed by atoms with van der Waals surface area (Å²) in [4.78, 5) is 15.9. The molecule has 8 nitrogen and oxygen atoms in total. The number of halogens is 6. The zero-order chi connectivity index (χ0) is 42.3. The summed E-state index contributed by atoms with van der Waals surface area (Å²) in [5, 5.41) is 2.87. The van der Waals surface area contributed by atoms with Gasteiger partial charge in [0.1, 0.15) is 0 Å². The summed E-state index contributed by atoms with van der Waals surface area (Å²) in [6.07, 6.45) is 4.84. The molecule has 0 bridgehead atoms. The van der Waals surface area contributed by atoms with E-state index < -0.39 is 35.8 Å². The van der Waals surface area contributed by atoms with E-state index in [-0.39, 0.29) is 37.4 Å². The third-order valence-electron chi connectivity index (χ3n) is 14.4. The monoisotopic (exact) mass is 825 g/mol. The van der Waals surface area contributed by atoms with Crippen molar-refractivity contribution in [1.29, 1.82) is 0 Å². The second-order valence-electron chi connectivity index (χ2n) is 19.1. The highest BCUT2D eigenvalue weighted by Crippen LogP contribution is 2.41. The quantitative estimate of drug-likeness (QED) is 0.270. The average molecular weight is 825 g/mol. The molecule has 0 aromatic rings. The van der Waals surface area contributed by atoms with Crippen LogP contribution in [-0.4, -0.2) is 200 Å². The Kier molecular flexibility index (Phi) is 18.3. The number of piperazine rings is 3. The summed E-state index contributed by atoms with van der Waals surface area (Å²) < 4.78 is 84.0. The van der Waals surface area contributed by atoms with Crippen LogP contribution < -0.4 is 5.32 Å². The lowest BCUT2D eigenvalue weighted by Gasteiger charge is -2.49. The van der Waals surface area contributed by atoms with Crippen molar-refractivity contribution in [2.24, 2.45) is 5.92 Å². The maximum atomic E-state index is 14.3. The molecule has 3 heterocycles. The van der Waals surface area contributed by atoms with E-state index in [1.165, 1.54) is 0 Å². The highest BCUT2D eigenvalue weighted by atomic mass is 19.3. The Bertz CT molecular complexity index is 1150. The molecule has 0 spiro atoms. The first-order chi connectivity index (χ1) is 26.7. The number of rotatable bonds is 8. The number of hydrogen-bond donors (Lipinski definition) is 1. The van der Waals surface area contributed by atoms with E-state index in [1.54, 1.807) is 33.0 Å². The number of nitrogens with zero attached hydrogens (tertiary/aromatic N) is 7. The van der Waals surface area contributed by atoms with Crippen molar-refractivity contribution >= 4 is 0 Å². The van der Waals surface area contributed by atoms with E-state index >= 15 is 0 Å². The zero-order valence-electron chi connectivity index (χ0n) is 37.4. The van der Waals surface area contributed by atoms with Gasteiger partial charge in [0.2, 0.25) is 0 Å². The van der Waals surface area contributed by atoms with Gasteiger partial charge in [-0.1, -0.05) is 6.92 Å². The van der Waals surface area contributed by atoms with Gasteiger partial charge in [0, 0.05) is 140 Å². The smallest absolute Gasteiger partial charge is 0.264 e. The van der Waals surface area contributed by atoms with Gasteiger partial charge >= 0.3 is 0 Å². The molecule has 1 N–H and O–H groups in total. The van der Waals surface area contributed by atoms with Gasteiger partial charge in [-0.15, -0.1) is 0 Å². The molecule has 6 rings (SSSR count). The van der Waals surface area contributed by atoms with E-state index in [0.29, 0.717) is 37.4 Å². The van der Waals surface area contributed by atoms with Crippen LogP contribution in [0.15, 0.2) is 0 Å². The summed E-state index contributed by atoms with van der Waals surface area (Å²) in [5.41, 5.74) is 0. The van der Waals surface area contributed by atoms with E-state index in [4.69, 9.17) is 0 Å². The van der Waals surface area contributed by atoms with Crippen LogP contribution in [0.1, 0.15) is 106 Å². The second kappa shape index (κ2) is 21.4. The lowest BCUT2D eigenvalue weighted by atomic mass is 9.81. The van der Waals surface area contributed by atoms with Gasteiger partial charge in [-0.3, -0.25) is 34.3 Å². The summed E-state index contributed by atoms with van der Waals surface area (Å²) in [5.74, 6) is -8.07. The molecule has 0 aromatic heterocycles. The topological polar surface area (TPSA) is 34.7 Å². The first kappa shape index (κ1) is 48.9. The molecular formula is C43H82F6N8. The maximum Gasteiger partial charge on any atom is 0.264 e. The third kappa shape index (κ3) is 12.9. The van der Waals surface area contributed by atoms with Gasteiger partial charge in [0.25, 0.3) is 17.8 Å². The molecule has 3 aliphatic heterocycles. The van der Waals surface area contributed by atoms with Crippen LogP contribution >= 0.6 is 0 Å². The number of likely N-dealkylation sites (N-methyl/N-ethyl adjacent to an activating group) is 2. The Morgan fingerprint density at radius 3 is 1.21 bits per heavy atom. The predicted octanol–water partition coefficient (Wildman–Crippen LogP) is 6.75. The molecule has 3 aliphatic carbocycles. The Labute approximate surface area is 343 Å². The van der Waals surface area contributed by atoms with Crippen molar-refractivity contribution < 1.29 is 26.3 Å². The van der Waals surface area contributed by atoms with Crippen LogP contribution in [0.5, 0.6) is 0 Å². The Morgan fingerprint density at radius 1 is 0.491 bits per heavy atom. The van der Waals surface area contributed by atoms with E-state index in [9.17, 15) is 26.3 Å². The average Bonchev–Trinajstić information content (AvgIpc) is 3.15. The fourth-order valence-corrected chi connectivity index (χ4v) is 10.7. The normalized spacial score (nSPS) is 33.9. The van der Waals surface area contributed by atoms with E-state index in [2.05, 4.69) is 76.3 Å². The molecule has 3 saturated carbocycles. The minimum atomic E-state index is -2.56. The van der Waals surface area contributed by atoms with Crippen LogP contribution in [-0.2, 0) is 0 Å². The Hall–Kier alpha value is -0.740.